The highest BCUT2D eigenvalue weighted by molar-refractivity contribution is 7.92. The largest absolute Gasteiger partial charge is 0.497 e. The lowest BCUT2D eigenvalue weighted by Crippen LogP contribution is -2.16. The van der Waals surface area contributed by atoms with Gasteiger partial charge < -0.3 is 4.74 Å². The molecule has 0 aromatic heterocycles. The van der Waals surface area contributed by atoms with Crippen molar-refractivity contribution in [3.63, 3.8) is 0 Å². The van der Waals surface area contributed by atoms with Gasteiger partial charge in [-0.25, -0.2) is 8.42 Å². The standard InChI is InChI=1S/C11H16ClNO3S/c1-16-11-6-4-5-10(9-11)13-17(14,15)8-3-2-7-12/h4-6,9,13H,2-3,7-8H2,1H3. The van der Waals surface area contributed by atoms with Crippen LogP contribution in [0.15, 0.2) is 24.3 Å². The zero-order chi connectivity index (χ0) is 12.7. The van der Waals surface area contributed by atoms with E-state index >= 15 is 0 Å². The van der Waals surface area contributed by atoms with Crippen LogP contribution < -0.4 is 9.46 Å². The number of hydrogen-bond acceptors (Lipinski definition) is 3. The van der Waals surface area contributed by atoms with Crippen molar-refractivity contribution in [2.75, 3.05) is 23.5 Å². The lowest BCUT2D eigenvalue weighted by atomic mass is 10.3. The van der Waals surface area contributed by atoms with Gasteiger partial charge in [0.15, 0.2) is 0 Å². The fourth-order valence-electron chi connectivity index (χ4n) is 1.30. The molecule has 0 saturated carbocycles. The molecule has 4 nitrogen and oxygen atoms in total. The molecular formula is C11H16ClNO3S. The van der Waals surface area contributed by atoms with Crippen molar-refractivity contribution in [3.05, 3.63) is 24.3 Å². The number of unbranched alkanes of at least 4 members (excludes halogenated alkanes) is 1. The summed E-state index contributed by atoms with van der Waals surface area (Å²) in [7, 11) is -1.76. The van der Waals surface area contributed by atoms with Crippen molar-refractivity contribution in [2.24, 2.45) is 0 Å². The van der Waals surface area contributed by atoms with Crippen molar-refractivity contribution in [2.45, 2.75) is 12.8 Å². The number of methoxy groups -OCH3 is 1. The van der Waals surface area contributed by atoms with Gasteiger partial charge in [0.2, 0.25) is 10.0 Å². The van der Waals surface area contributed by atoms with Gasteiger partial charge in [-0.3, -0.25) is 4.72 Å². The molecule has 0 radical (unpaired) electrons. The minimum absolute atomic E-state index is 0.0803. The van der Waals surface area contributed by atoms with Crippen LogP contribution in [-0.2, 0) is 10.0 Å². The Hall–Kier alpha value is -0.940. The van der Waals surface area contributed by atoms with Gasteiger partial charge in [0.1, 0.15) is 5.75 Å². The first-order valence-corrected chi connectivity index (χ1v) is 7.46. The molecule has 0 atom stereocenters. The minimum atomic E-state index is -3.30. The van der Waals surface area contributed by atoms with Crippen LogP contribution in [-0.4, -0.2) is 27.2 Å². The number of nitrogens with one attached hydrogen (secondary N) is 1. The van der Waals surface area contributed by atoms with E-state index in [1.54, 1.807) is 24.3 Å². The number of anilines is 1. The molecule has 96 valence electrons. The third-order valence-electron chi connectivity index (χ3n) is 2.14. The van der Waals surface area contributed by atoms with Crippen LogP contribution in [0.3, 0.4) is 0 Å². The Balaban J connectivity index is 2.62. The fourth-order valence-corrected chi connectivity index (χ4v) is 2.67. The first-order valence-electron chi connectivity index (χ1n) is 5.28. The molecule has 6 heteroatoms. The monoisotopic (exact) mass is 277 g/mol. The van der Waals surface area contributed by atoms with E-state index in [9.17, 15) is 8.42 Å². The lowest BCUT2D eigenvalue weighted by Gasteiger charge is -2.08. The number of benzene rings is 1. The highest BCUT2D eigenvalue weighted by Crippen LogP contribution is 2.18. The molecule has 1 aromatic carbocycles. The molecule has 17 heavy (non-hydrogen) atoms. The average molecular weight is 278 g/mol. The molecule has 0 fully saturated rings. The Morgan fingerprint density at radius 3 is 2.76 bits per heavy atom. The van der Waals surface area contributed by atoms with Crippen LogP contribution in [0.2, 0.25) is 0 Å². The molecule has 0 aliphatic heterocycles. The van der Waals surface area contributed by atoms with Crippen LogP contribution >= 0.6 is 11.6 Å². The van der Waals surface area contributed by atoms with Crippen LogP contribution in [0.5, 0.6) is 5.75 Å². The van der Waals surface area contributed by atoms with E-state index < -0.39 is 10.0 Å². The van der Waals surface area contributed by atoms with Crippen molar-refractivity contribution in [3.8, 4) is 5.75 Å². The van der Waals surface area contributed by atoms with Gasteiger partial charge in [-0.05, 0) is 25.0 Å². The average Bonchev–Trinajstić information content (AvgIpc) is 2.29. The number of halogens is 1. The van der Waals surface area contributed by atoms with E-state index in [-0.39, 0.29) is 5.75 Å². The molecule has 1 aromatic rings. The molecule has 0 unspecified atom stereocenters. The van der Waals surface area contributed by atoms with Gasteiger partial charge in [-0.15, -0.1) is 11.6 Å². The molecule has 1 N–H and O–H groups in total. The maximum atomic E-state index is 11.7. The Bertz CT molecular complexity index is 448. The lowest BCUT2D eigenvalue weighted by molar-refractivity contribution is 0.415. The highest BCUT2D eigenvalue weighted by atomic mass is 35.5. The molecule has 0 amide bonds. The highest BCUT2D eigenvalue weighted by Gasteiger charge is 2.10. The summed E-state index contributed by atoms with van der Waals surface area (Å²) in [5.74, 6) is 1.18. The van der Waals surface area contributed by atoms with Crippen LogP contribution in [0.4, 0.5) is 5.69 Å². The van der Waals surface area contributed by atoms with Gasteiger partial charge in [-0.1, -0.05) is 6.07 Å². The number of alkyl halides is 1. The van der Waals surface area contributed by atoms with E-state index in [2.05, 4.69) is 4.72 Å². The molecule has 1 rings (SSSR count). The molecule has 0 bridgehead atoms. The van der Waals surface area contributed by atoms with Crippen molar-refractivity contribution >= 4 is 27.3 Å². The number of hydrogen-bond donors (Lipinski definition) is 1. The maximum Gasteiger partial charge on any atom is 0.232 e. The number of rotatable bonds is 7. The Morgan fingerprint density at radius 1 is 1.35 bits per heavy atom. The molecule has 0 heterocycles. The Morgan fingerprint density at radius 2 is 2.12 bits per heavy atom. The first kappa shape index (κ1) is 14.1. The van der Waals surface area contributed by atoms with E-state index in [0.29, 0.717) is 30.2 Å². The SMILES string of the molecule is COc1cccc(NS(=O)(=O)CCCCCl)c1. The quantitative estimate of drug-likeness (QED) is 0.615. The second-order valence-electron chi connectivity index (χ2n) is 3.55. The minimum Gasteiger partial charge on any atom is -0.497 e. The zero-order valence-electron chi connectivity index (χ0n) is 9.65. The van der Waals surface area contributed by atoms with E-state index in [4.69, 9.17) is 16.3 Å². The topological polar surface area (TPSA) is 55.4 Å². The van der Waals surface area contributed by atoms with E-state index in [0.717, 1.165) is 0 Å². The van der Waals surface area contributed by atoms with Gasteiger partial charge >= 0.3 is 0 Å². The van der Waals surface area contributed by atoms with Gasteiger partial charge in [0.25, 0.3) is 0 Å². The van der Waals surface area contributed by atoms with E-state index in [1.165, 1.54) is 7.11 Å². The second-order valence-corrected chi connectivity index (χ2v) is 5.77. The predicted molar refractivity (Wildman–Crippen MR) is 70.4 cm³/mol. The number of ether oxygens (including phenoxy) is 1. The summed E-state index contributed by atoms with van der Waals surface area (Å²) in [5, 5.41) is 0. The summed E-state index contributed by atoms with van der Waals surface area (Å²) >= 11 is 5.50. The third-order valence-corrected chi connectivity index (χ3v) is 3.78. The zero-order valence-corrected chi connectivity index (χ0v) is 11.2. The molecular weight excluding hydrogens is 262 g/mol. The van der Waals surface area contributed by atoms with Gasteiger partial charge in [-0.2, -0.15) is 0 Å². The molecule has 0 saturated heterocycles. The smallest absolute Gasteiger partial charge is 0.232 e. The molecule has 0 aliphatic carbocycles. The third kappa shape index (κ3) is 5.28. The number of sulfonamides is 1. The first-order chi connectivity index (χ1) is 8.07. The van der Waals surface area contributed by atoms with Crippen LogP contribution in [0.25, 0.3) is 0 Å². The summed E-state index contributed by atoms with van der Waals surface area (Å²) in [6.45, 7) is 0. The van der Waals surface area contributed by atoms with Gasteiger partial charge in [0.05, 0.1) is 18.6 Å². The second kappa shape index (κ2) is 6.71. The van der Waals surface area contributed by atoms with Gasteiger partial charge in [0, 0.05) is 11.9 Å². The summed E-state index contributed by atoms with van der Waals surface area (Å²) in [5.41, 5.74) is 0.509. The summed E-state index contributed by atoms with van der Waals surface area (Å²) in [6.07, 6.45) is 1.25. The maximum absolute atomic E-state index is 11.7. The summed E-state index contributed by atoms with van der Waals surface area (Å²) in [6, 6.07) is 6.81. The Labute approximate surface area is 107 Å². The van der Waals surface area contributed by atoms with Crippen molar-refractivity contribution in [1.29, 1.82) is 0 Å². The molecule has 0 aliphatic rings. The fraction of sp³-hybridized carbons (Fsp3) is 0.455. The summed E-state index contributed by atoms with van der Waals surface area (Å²) < 4.78 is 30.9. The van der Waals surface area contributed by atoms with Crippen LogP contribution in [0.1, 0.15) is 12.8 Å². The predicted octanol–water partition coefficient (Wildman–Crippen LogP) is 2.46. The summed E-state index contributed by atoms with van der Waals surface area (Å²) in [4.78, 5) is 0. The van der Waals surface area contributed by atoms with Crippen molar-refractivity contribution in [1.82, 2.24) is 0 Å². The van der Waals surface area contributed by atoms with Crippen LogP contribution in [0, 0.1) is 0 Å². The Kier molecular flexibility index (Phi) is 5.58. The normalized spacial score (nSPS) is 11.2. The molecule has 0 spiro atoms. The van der Waals surface area contributed by atoms with E-state index in [1.807, 2.05) is 0 Å². The van der Waals surface area contributed by atoms with Crippen molar-refractivity contribution < 1.29 is 13.2 Å².